The molecule has 0 amide bonds. The Morgan fingerprint density at radius 3 is 1.74 bits per heavy atom. The largest absolute Gasteiger partial charge is 1.00 e. The Labute approximate surface area is 188 Å². The van der Waals surface area contributed by atoms with E-state index >= 15 is 0 Å². The van der Waals surface area contributed by atoms with Crippen LogP contribution < -0.4 is 29.6 Å². The van der Waals surface area contributed by atoms with Crippen LogP contribution in [-0.4, -0.2) is 45.4 Å². The zero-order valence-corrected chi connectivity index (χ0v) is 20.5. The van der Waals surface area contributed by atoms with Crippen molar-refractivity contribution in [3.63, 3.8) is 0 Å². The topological polar surface area (TPSA) is 94.1 Å². The van der Waals surface area contributed by atoms with Crippen LogP contribution >= 0.6 is 0 Å². The van der Waals surface area contributed by atoms with Crippen molar-refractivity contribution in [1.82, 2.24) is 0 Å². The van der Waals surface area contributed by atoms with E-state index < -0.39 is 16.4 Å². The summed E-state index contributed by atoms with van der Waals surface area (Å²) in [6.07, 6.45) is 11.8. The molecule has 0 aromatic heterocycles. The molecule has 0 saturated heterocycles. The van der Waals surface area contributed by atoms with Gasteiger partial charge in [-0.05, 0) is 20.3 Å². The van der Waals surface area contributed by atoms with Crippen LogP contribution in [0.25, 0.3) is 0 Å². The predicted molar refractivity (Wildman–Crippen MR) is 99.4 cm³/mol. The molecule has 7 nitrogen and oxygen atoms in total. The molecule has 0 radical (unpaired) electrons. The van der Waals surface area contributed by atoms with Gasteiger partial charge >= 0.3 is 35.5 Å². The van der Waals surface area contributed by atoms with Gasteiger partial charge in [-0.3, -0.25) is 0 Å². The van der Waals surface area contributed by atoms with Crippen LogP contribution in [0.5, 0.6) is 0 Å². The van der Waals surface area contributed by atoms with E-state index in [1.54, 1.807) is 13.8 Å². The van der Waals surface area contributed by atoms with Crippen molar-refractivity contribution in [2.24, 2.45) is 0 Å². The van der Waals surface area contributed by atoms with Gasteiger partial charge in [-0.25, -0.2) is 12.6 Å². The first-order valence-electron chi connectivity index (χ1n) is 9.91. The molecule has 0 rings (SSSR count). The minimum Gasteiger partial charge on any atom is -0.725 e. The van der Waals surface area contributed by atoms with Crippen LogP contribution in [0, 0.1) is 0 Å². The van der Waals surface area contributed by atoms with Crippen LogP contribution in [0.2, 0.25) is 0 Å². The second kappa shape index (κ2) is 18.8. The first-order chi connectivity index (χ1) is 12.4. The third kappa shape index (κ3) is 18.5. The standard InChI is InChI=1S/C18H38O7S.Na/c1-4-7-8-9-10-11-12-13-14-15-16-24-18(23-6-3,17-22-5-2)25-26(19,20)21;/h4-17H2,1-3H3,(H,19,20,21);/q;+1/p-1. The Kier molecular flexibility index (Phi) is 20.8. The number of hydrogen-bond acceptors (Lipinski definition) is 7. The minimum atomic E-state index is -4.98. The summed E-state index contributed by atoms with van der Waals surface area (Å²) in [5, 5.41) is 0. The van der Waals surface area contributed by atoms with Crippen molar-refractivity contribution in [2.75, 3.05) is 26.4 Å². The monoisotopic (exact) mass is 420 g/mol. The van der Waals surface area contributed by atoms with Crippen molar-refractivity contribution >= 4 is 10.4 Å². The Morgan fingerprint density at radius 2 is 1.30 bits per heavy atom. The van der Waals surface area contributed by atoms with Crippen molar-refractivity contribution in [3.05, 3.63) is 0 Å². The molecule has 0 spiro atoms. The average Bonchev–Trinajstić information content (AvgIpc) is 2.56. The van der Waals surface area contributed by atoms with Gasteiger partial charge in [0.1, 0.15) is 6.61 Å². The van der Waals surface area contributed by atoms with Gasteiger partial charge in [0.15, 0.2) is 0 Å². The van der Waals surface area contributed by atoms with Gasteiger partial charge in [0.2, 0.25) is 10.4 Å². The van der Waals surface area contributed by atoms with Crippen LogP contribution in [0.1, 0.15) is 85.0 Å². The molecule has 0 aliphatic heterocycles. The van der Waals surface area contributed by atoms with Gasteiger partial charge in [0, 0.05) is 13.2 Å². The molecule has 0 saturated carbocycles. The van der Waals surface area contributed by atoms with E-state index in [-0.39, 0.29) is 49.4 Å². The molecule has 0 aliphatic carbocycles. The summed E-state index contributed by atoms with van der Waals surface area (Å²) < 4.78 is 53.4. The maximum Gasteiger partial charge on any atom is 1.00 e. The normalized spacial score (nSPS) is 13.9. The van der Waals surface area contributed by atoms with E-state index in [4.69, 9.17) is 14.2 Å². The molecule has 0 heterocycles. The van der Waals surface area contributed by atoms with Crippen LogP contribution in [-0.2, 0) is 28.8 Å². The summed E-state index contributed by atoms with van der Waals surface area (Å²) in [4.78, 5) is 0. The summed E-state index contributed by atoms with van der Waals surface area (Å²) in [6, 6.07) is 0. The number of ether oxygens (including phenoxy) is 3. The fourth-order valence-corrected chi connectivity index (χ4v) is 3.07. The van der Waals surface area contributed by atoms with Crippen molar-refractivity contribution in [3.8, 4) is 0 Å². The fraction of sp³-hybridized carbons (Fsp3) is 1.00. The molecule has 0 aromatic rings. The van der Waals surface area contributed by atoms with Crippen molar-refractivity contribution in [2.45, 2.75) is 91.0 Å². The summed E-state index contributed by atoms with van der Waals surface area (Å²) in [6.45, 7) is 6.01. The maximum absolute atomic E-state index is 11.0. The van der Waals surface area contributed by atoms with E-state index in [9.17, 15) is 13.0 Å². The second-order valence-corrected chi connectivity index (χ2v) is 7.26. The summed E-state index contributed by atoms with van der Waals surface area (Å²) in [5.74, 6) is -2.00. The Morgan fingerprint density at radius 1 is 0.778 bits per heavy atom. The third-order valence-electron chi connectivity index (χ3n) is 3.90. The number of hydrogen-bond donors (Lipinski definition) is 0. The summed E-state index contributed by atoms with van der Waals surface area (Å²) in [5.41, 5.74) is 0. The molecular formula is C18H37NaO7S. The zero-order chi connectivity index (χ0) is 19.7. The molecule has 9 heteroatoms. The van der Waals surface area contributed by atoms with Gasteiger partial charge in [-0.2, -0.15) is 0 Å². The molecule has 158 valence electrons. The molecule has 27 heavy (non-hydrogen) atoms. The number of unbranched alkanes of at least 4 members (excludes halogenated alkanes) is 9. The Balaban J connectivity index is 0. The van der Waals surface area contributed by atoms with Gasteiger partial charge < -0.3 is 18.8 Å². The molecule has 0 N–H and O–H groups in total. The molecule has 0 aromatic carbocycles. The van der Waals surface area contributed by atoms with Crippen LogP contribution in [0.4, 0.5) is 0 Å². The van der Waals surface area contributed by atoms with Gasteiger partial charge in [0.05, 0.1) is 6.61 Å². The van der Waals surface area contributed by atoms with E-state index in [0.717, 1.165) is 19.3 Å². The van der Waals surface area contributed by atoms with Crippen molar-refractivity contribution in [1.29, 1.82) is 0 Å². The fourth-order valence-electron chi connectivity index (χ4n) is 2.62. The van der Waals surface area contributed by atoms with Gasteiger partial charge in [0.25, 0.3) is 0 Å². The van der Waals surface area contributed by atoms with E-state index in [0.29, 0.717) is 6.61 Å². The van der Waals surface area contributed by atoms with E-state index in [1.807, 2.05) is 0 Å². The van der Waals surface area contributed by atoms with Crippen LogP contribution in [0.3, 0.4) is 0 Å². The predicted octanol–water partition coefficient (Wildman–Crippen LogP) is 1.13. The summed E-state index contributed by atoms with van der Waals surface area (Å²) >= 11 is 0. The zero-order valence-electron chi connectivity index (χ0n) is 17.7. The molecule has 0 bridgehead atoms. The van der Waals surface area contributed by atoms with Crippen molar-refractivity contribution < 1.29 is 60.9 Å². The molecule has 0 fully saturated rings. The Hall–Kier alpha value is 0.750. The second-order valence-electron chi connectivity index (χ2n) is 6.28. The van der Waals surface area contributed by atoms with Gasteiger partial charge in [-0.1, -0.05) is 64.7 Å². The number of rotatable bonds is 19. The molecule has 0 aliphatic rings. The SMILES string of the molecule is CCCCCCCCCCCCOC(COCC)(OCC)OS(=O)(=O)[O-].[Na+]. The minimum absolute atomic E-state index is 0. The molecular weight excluding hydrogens is 383 g/mol. The van der Waals surface area contributed by atoms with E-state index in [2.05, 4.69) is 11.1 Å². The van der Waals surface area contributed by atoms with Crippen LogP contribution in [0.15, 0.2) is 0 Å². The first-order valence-corrected chi connectivity index (χ1v) is 11.2. The van der Waals surface area contributed by atoms with E-state index in [1.165, 1.54) is 44.9 Å². The quantitative estimate of drug-likeness (QED) is 0.102. The first kappa shape index (κ1) is 29.9. The van der Waals surface area contributed by atoms with Gasteiger partial charge in [-0.15, -0.1) is 0 Å². The summed E-state index contributed by atoms with van der Waals surface area (Å²) in [7, 11) is -4.98. The average molecular weight is 421 g/mol. The maximum atomic E-state index is 11.0. The third-order valence-corrected chi connectivity index (χ3v) is 4.35. The molecule has 1 unspecified atom stereocenters. The smallest absolute Gasteiger partial charge is 0.725 e. The Bertz CT molecular complexity index is 420. The molecule has 1 atom stereocenters.